The van der Waals surface area contributed by atoms with Gasteiger partial charge in [0.1, 0.15) is 11.5 Å². The van der Waals surface area contributed by atoms with E-state index >= 15 is 0 Å². The van der Waals surface area contributed by atoms with Gasteiger partial charge in [0, 0.05) is 17.4 Å². The standard InChI is InChI=1S/C12H17O2S/c1-4-13-10-6-9(3)11(8-15)12(7-10)14-5-2/h6-7H,4-5,8H2,1-3H3. The molecule has 2 nitrogen and oxygen atoms in total. The number of rotatable bonds is 5. The van der Waals surface area contributed by atoms with E-state index in [0.717, 1.165) is 22.6 Å². The van der Waals surface area contributed by atoms with Gasteiger partial charge in [-0.25, -0.2) is 0 Å². The third-order valence-corrected chi connectivity index (χ3v) is 2.45. The highest BCUT2D eigenvalue weighted by atomic mass is 32.1. The summed E-state index contributed by atoms with van der Waals surface area (Å²) in [5, 5.41) is 0. The maximum absolute atomic E-state index is 5.55. The molecule has 83 valence electrons. The molecule has 1 aromatic rings. The van der Waals surface area contributed by atoms with E-state index in [-0.39, 0.29) is 0 Å². The second-order valence-corrected chi connectivity index (χ2v) is 3.52. The van der Waals surface area contributed by atoms with Crippen LogP contribution in [0.15, 0.2) is 12.1 Å². The molecule has 15 heavy (non-hydrogen) atoms. The van der Waals surface area contributed by atoms with Crippen molar-refractivity contribution in [3.05, 3.63) is 23.3 Å². The molecule has 0 aliphatic carbocycles. The first-order chi connectivity index (χ1) is 7.22. The highest BCUT2D eigenvalue weighted by Gasteiger charge is 2.08. The molecule has 0 unspecified atom stereocenters. The van der Waals surface area contributed by atoms with E-state index in [1.54, 1.807) is 0 Å². The third kappa shape index (κ3) is 3.06. The number of benzene rings is 1. The zero-order chi connectivity index (χ0) is 11.3. The van der Waals surface area contributed by atoms with Gasteiger partial charge in [-0.2, -0.15) is 0 Å². The summed E-state index contributed by atoms with van der Waals surface area (Å²) < 4.78 is 11.0. The van der Waals surface area contributed by atoms with E-state index in [1.165, 1.54) is 0 Å². The molecule has 0 fully saturated rings. The predicted molar refractivity (Wildman–Crippen MR) is 64.8 cm³/mol. The van der Waals surface area contributed by atoms with Crippen LogP contribution >= 0.6 is 12.6 Å². The summed E-state index contributed by atoms with van der Waals surface area (Å²) in [6.07, 6.45) is 0. The van der Waals surface area contributed by atoms with Crippen LogP contribution in [0.2, 0.25) is 0 Å². The molecule has 0 saturated carbocycles. The lowest BCUT2D eigenvalue weighted by atomic mass is 10.1. The van der Waals surface area contributed by atoms with Gasteiger partial charge in [0.25, 0.3) is 0 Å². The Morgan fingerprint density at radius 3 is 2.33 bits per heavy atom. The SMILES string of the molecule is CCOc1cc(C)c(C[S])c(OCC)c1. The maximum atomic E-state index is 5.55. The van der Waals surface area contributed by atoms with Crippen molar-refractivity contribution in [1.29, 1.82) is 0 Å². The molecule has 0 aromatic heterocycles. The summed E-state index contributed by atoms with van der Waals surface area (Å²) in [5.41, 5.74) is 2.23. The van der Waals surface area contributed by atoms with Gasteiger partial charge in [-0.05, 0) is 32.4 Å². The van der Waals surface area contributed by atoms with Crippen molar-refractivity contribution in [2.24, 2.45) is 0 Å². The molecule has 0 saturated heterocycles. The van der Waals surface area contributed by atoms with Crippen molar-refractivity contribution >= 4 is 12.6 Å². The lowest BCUT2D eigenvalue weighted by Gasteiger charge is -2.13. The smallest absolute Gasteiger partial charge is 0.127 e. The Labute approximate surface area is 97.0 Å². The Hall–Kier alpha value is -0.830. The van der Waals surface area contributed by atoms with Crippen molar-refractivity contribution < 1.29 is 9.47 Å². The van der Waals surface area contributed by atoms with E-state index in [0.29, 0.717) is 19.0 Å². The highest BCUT2D eigenvalue weighted by Crippen LogP contribution is 2.29. The van der Waals surface area contributed by atoms with Gasteiger partial charge in [0.05, 0.1) is 13.2 Å². The van der Waals surface area contributed by atoms with Gasteiger partial charge in [0.15, 0.2) is 0 Å². The monoisotopic (exact) mass is 225 g/mol. The van der Waals surface area contributed by atoms with Crippen LogP contribution in [-0.2, 0) is 5.75 Å². The topological polar surface area (TPSA) is 18.5 Å². The molecule has 0 aliphatic rings. The first kappa shape index (κ1) is 12.2. The minimum absolute atomic E-state index is 0.577. The molecule has 1 aromatic carbocycles. The molecule has 3 heteroatoms. The normalized spacial score (nSPS) is 10.1. The molecule has 1 rings (SSSR count). The maximum Gasteiger partial charge on any atom is 0.127 e. The molecule has 0 amide bonds. The average molecular weight is 225 g/mol. The van der Waals surface area contributed by atoms with E-state index in [9.17, 15) is 0 Å². The van der Waals surface area contributed by atoms with Crippen molar-refractivity contribution in [2.75, 3.05) is 13.2 Å². The molecule has 0 aliphatic heterocycles. The molecule has 0 N–H and O–H groups in total. The van der Waals surface area contributed by atoms with Crippen LogP contribution in [-0.4, -0.2) is 13.2 Å². The van der Waals surface area contributed by atoms with Crippen LogP contribution < -0.4 is 9.47 Å². The van der Waals surface area contributed by atoms with Crippen molar-refractivity contribution in [3.8, 4) is 11.5 Å². The van der Waals surface area contributed by atoms with Gasteiger partial charge in [-0.3, -0.25) is 0 Å². The second-order valence-electron chi connectivity index (χ2n) is 3.23. The fraction of sp³-hybridized carbons (Fsp3) is 0.500. The van der Waals surface area contributed by atoms with Crippen molar-refractivity contribution in [3.63, 3.8) is 0 Å². The third-order valence-electron chi connectivity index (χ3n) is 2.16. The quantitative estimate of drug-likeness (QED) is 0.763. The summed E-state index contributed by atoms with van der Waals surface area (Å²) in [7, 11) is 0. The summed E-state index contributed by atoms with van der Waals surface area (Å²) in [4.78, 5) is 0. The largest absolute Gasteiger partial charge is 0.494 e. The van der Waals surface area contributed by atoms with E-state index in [4.69, 9.17) is 22.1 Å². The number of ether oxygens (including phenoxy) is 2. The molecule has 0 bridgehead atoms. The van der Waals surface area contributed by atoms with Gasteiger partial charge < -0.3 is 9.47 Å². The first-order valence-electron chi connectivity index (χ1n) is 5.20. The molecule has 0 spiro atoms. The number of aryl methyl sites for hydroxylation is 1. The Bertz CT molecular complexity index is 324. The number of hydrogen-bond acceptors (Lipinski definition) is 2. The fourth-order valence-electron chi connectivity index (χ4n) is 1.47. The lowest BCUT2D eigenvalue weighted by molar-refractivity contribution is 0.321. The van der Waals surface area contributed by atoms with Crippen LogP contribution in [0.4, 0.5) is 0 Å². The summed E-state index contributed by atoms with van der Waals surface area (Å²) in [5.74, 6) is 2.29. The minimum atomic E-state index is 0.577. The van der Waals surface area contributed by atoms with Crippen LogP contribution in [0.1, 0.15) is 25.0 Å². The summed E-state index contributed by atoms with van der Waals surface area (Å²) in [6.45, 7) is 7.29. The average Bonchev–Trinajstić information content (AvgIpc) is 2.18. The second kappa shape index (κ2) is 5.91. The van der Waals surface area contributed by atoms with E-state index in [1.807, 2.05) is 32.9 Å². The Kier molecular flexibility index (Phi) is 4.82. The van der Waals surface area contributed by atoms with E-state index < -0.39 is 0 Å². The molecular formula is C12H17O2S. The highest BCUT2D eigenvalue weighted by molar-refractivity contribution is 7.79. The van der Waals surface area contributed by atoms with Crippen molar-refractivity contribution in [2.45, 2.75) is 26.5 Å². The molecule has 0 heterocycles. The predicted octanol–water partition coefficient (Wildman–Crippen LogP) is 3.49. The van der Waals surface area contributed by atoms with Gasteiger partial charge in [-0.1, -0.05) is 12.6 Å². The van der Waals surface area contributed by atoms with Gasteiger partial charge in [-0.15, -0.1) is 0 Å². The van der Waals surface area contributed by atoms with Crippen LogP contribution in [0.25, 0.3) is 0 Å². The Morgan fingerprint density at radius 1 is 1.13 bits per heavy atom. The van der Waals surface area contributed by atoms with Crippen LogP contribution in [0.3, 0.4) is 0 Å². The zero-order valence-corrected chi connectivity index (χ0v) is 10.3. The number of hydrogen-bond donors (Lipinski definition) is 0. The summed E-state index contributed by atoms with van der Waals surface area (Å²) in [6, 6.07) is 3.93. The Balaban J connectivity index is 3.07. The fourth-order valence-corrected chi connectivity index (χ4v) is 1.84. The first-order valence-corrected chi connectivity index (χ1v) is 5.77. The van der Waals surface area contributed by atoms with Crippen LogP contribution in [0.5, 0.6) is 11.5 Å². The molecule has 0 atom stereocenters. The van der Waals surface area contributed by atoms with E-state index in [2.05, 4.69) is 0 Å². The lowest BCUT2D eigenvalue weighted by Crippen LogP contribution is -2.00. The van der Waals surface area contributed by atoms with Crippen molar-refractivity contribution in [1.82, 2.24) is 0 Å². The Morgan fingerprint density at radius 2 is 1.80 bits per heavy atom. The van der Waals surface area contributed by atoms with Crippen LogP contribution in [0, 0.1) is 6.92 Å². The minimum Gasteiger partial charge on any atom is -0.494 e. The van der Waals surface area contributed by atoms with Gasteiger partial charge >= 0.3 is 0 Å². The molecular weight excluding hydrogens is 208 g/mol. The zero-order valence-electron chi connectivity index (χ0n) is 9.50. The molecule has 1 radical (unpaired) electrons. The van der Waals surface area contributed by atoms with Gasteiger partial charge in [0.2, 0.25) is 0 Å². The summed E-state index contributed by atoms with van der Waals surface area (Å²) >= 11 is 5.09.